The minimum atomic E-state index is -0.189. The second kappa shape index (κ2) is 12.8. The molecule has 4 rings (SSSR count). The van der Waals surface area contributed by atoms with Gasteiger partial charge in [0.25, 0.3) is 0 Å². The van der Waals surface area contributed by atoms with Gasteiger partial charge in [-0.05, 0) is 36.2 Å². The summed E-state index contributed by atoms with van der Waals surface area (Å²) in [5, 5.41) is 6.05. The van der Waals surface area contributed by atoms with Gasteiger partial charge in [-0.2, -0.15) is 0 Å². The van der Waals surface area contributed by atoms with Gasteiger partial charge in [-0.1, -0.05) is 54.6 Å². The first-order chi connectivity index (χ1) is 18.0. The van der Waals surface area contributed by atoms with E-state index in [0.717, 1.165) is 22.5 Å². The number of ether oxygens (including phenoxy) is 1. The van der Waals surface area contributed by atoms with Gasteiger partial charge in [0.05, 0.1) is 13.2 Å². The molecular weight excluding hydrogens is 490 g/mol. The number of benzene rings is 3. The lowest BCUT2D eigenvalue weighted by Crippen LogP contribution is -2.44. The van der Waals surface area contributed by atoms with E-state index in [-0.39, 0.29) is 18.4 Å². The maximum atomic E-state index is 12.6. The monoisotopic (exact) mass is 519 g/mol. The van der Waals surface area contributed by atoms with E-state index in [1.807, 2.05) is 85.9 Å². The molecule has 0 atom stereocenters. The van der Waals surface area contributed by atoms with Gasteiger partial charge in [-0.3, -0.25) is 9.59 Å². The molecule has 192 valence electrons. The van der Waals surface area contributed by atoms with Gasteiger partial charge in [0.15, 0.2) is 0 Å². The van der Waals surface area contributed by atoms with Crippen molar-refractivity contribution in [3.05, 3.63) is 90.0 Å². The van der Waals surface area contributed by atoms with Crippen molar-refractivity contribution in [1.82, 2.24) is 9.80 Å². The molecule has 0 saturated carbocycles. The summed E-state index contributed by atoms with van der Waals surface area (Å²) in [6.07, 6.45) is 0.984. The molecule has 1 heterocycles. The second-order valence-electron chi connectivity index (χ2n) is 8.77. The Hall–Kier alpha value is -4.04. The standard InChI is InChI=1S/C28H30ClN5O3/c1-33(18-21-10-4-2-5-11-21)27(36)16-9-17-37-25-15-8-14-24-23(25)19-34(28(31-24)32-29)20-26(35)30-22-12-6-3-7-13-22/h2-8,10-15H,9,16-20H2,1H3,(H,30,35)(H,31,32). The first-order valence-corrected chi connectivity index (χ1v) is 12.5. The van der Waals surface area contributed by atoms with Crippen LogP contribution < -0.4 is 15.4 Å². The van der Waals surface area contributed by atoms with Crippen LogP contribution in [0.4, 0.5) is 11.4 Å². The number of rotatable bonds is 10. The number of carbonyl (C=O) groups excluding carboxylic acids is 2. The van der Waals surface area contributed by atoms with E-state index < -0.39 is 0 Å². The Kier molecular flexibility index (Phi) is 8.99. The van der Waals surface area contributed by atoms with Gasteiger partial charge >= 0.3 is 0 Å². The first-order valence-electron chi connectivity index (χ1n) is 12.1. The lowest BCUT2D eigenvalue weighted by Gasteiger charge is -2.32. The number of fused-ring (bicyclic) bond motifs is 1. The topological polar surface area (TPSA) is 86.3 Å². The van der Waals surface area contributed by atoms with Crippen LogP contribution in [0.15, 0.2) is 83.4 Å². The molecule has 0 spiro atoms. The van der Waals surface area contributed by atoms with Crippen LogP contribution in [-0.4, -0.2) is 47.8 Å². The Bertz CT molecular complexity index is 1240. The number of nitrogens with one attached hydrogen (secondary N) is 2. The smallest absolute Gasteiger partial charge is 0.244 e. The zero-order valence-corrected chi connectivity index (χ0v) is 21.4. The number of para-hydroxylation sites is 1. The van der Waals surface area contributed by atoms with Crippen LogP contribution in [0.5, 0.6) is 5.75 Å². The van der Waals surface area contributed by atoms with Crippen LogP contribution >= 0.6 is 11.8 Å². The third-order valence-corrected chi connectivity index (χ3v) is 6.14. The normalized spacial score (nSPS) is 13.5. The lowest BCUT2D eigenvalue weighted by atomic mass is 10.1. The number of halogens is 1. The van der Waals surface area contributed by atoms with Gasteiger partial charge < -0.3 is 25.2 Å². The highest BCUT2D eigenvalue weighted by Gasteiger charge is 2.25. The molecular formula is C28H30ClN5O3. The third kappa shape index (κ3) is 7.24. The van der Waals surface area contributed by atoms with Gasteiger partial charge in [0.1, 0.15) is 12.3 Å². The Morgan fingerprint density at radius 1 is 1.05 bits per heavy atom. The maximum Gasteiger partial charge on any atom is 0.244 e. The van der Waals surface area contributed by atoms with Gasteiger partial charge in [-0.15, -0.1) is 4.51 Å². The highest BCUT2D eigenvalue weighted by molar-refractivity contribution is 6.21. The third-order valence-electron chi connectivity index (χ3n) is 5.98. The number of hydrogen-bond acceptors (Lipinski definition) is 4. The van der Waals surface area contributed by atoms with Crippen LogP contribution in [0.2, 0.25) is 0 Å². The molecule has 1 aliphatic rings. The number of amides is 2. The molecule has 0 radical (unpaired) electrons. The van der Waals surface area contributed by atoms with E-state index in [4.69, 9.17) is 16.5 Å². The van der Waals surface area contributed by atoms with Crippen LogP contribution in [0.1, 0.15) is 24.0 Å². The lowest BCUT2D eigenvalue weighted by molar-refractivity contribution is -0.130. The van der Waals surface area contributed by atoms with Crippen molar-refractivity contribution in [2.75, 3.05) is 30.8 Å². The highest BCUT2D eigenvalue weighted by Crippen LogP contribution is 2.32. The Morgan fingerprint density at radius 2 is 1.78 bits per heavy atom. The Labute approximate surface area is 222 Å². The first kappa shape index (κ1) is 26.0. The van der Waals surface area contributed by atoms with Crippen molar-refractivity contribution in [2.24, 2.45) is 4.51 Å². The van der Waals surface area contributed by atoms with Crippen molar-refractivity contribution in [3.8, 4) is 5.75 Å². The molecule has 0 saturated heterocycles. The van der Waals surface area contributed by atoms with Crippen molar-refractivity contribution in [3.63, 3.8) is 0 Å². The zero-order chi connectivity index (χ0) is 26.0. The Morgan fingerprint density at radius 3 is 2.51 bits per heavy atom. The van der Waals surface area contributed by atoms with Crippen LogP contribution in [0.25, 0.3) is 0 Å². The Balaban J connectivity index is 1.31. The zero-order valence-electron chi connectivity index (χ0n) is 20.7. The largest absolute Gasteiger partial charge is 0.493 e. The quantitative estimate of drug-likeness (QED) is 0.373. The van der Waals surface area contributed by atoms with Crippen molar-refractivity contribution >= 4 is 40.9 Å². The molecule has 0 unspecified atom stereocenters. The summed E-state index contributed by atoms with van der Waals surface area (Å²) in [5.74, 6) is 0.965. The maximum absolute atomic E-state index is 12.6. The minimum absolute atomic E-state index is 0.0590. The van der Waals surface area contributed by atoms with Crippen molar-refractivity contribution < 1.29 is 14.3 Å². The molecule has 3 aromatic rings. The molecule has 37 heavy (non-hydrogen) atoms. The van der Waals surface area contributed by atoms with Gasteiger partial charge in [-0.25, -0.2) is 0 Å². The summed E-state index contributed by atoms with van der Waals surface area (Å²) in [7, 11) is 1.81. The molecule has 2 amide bonds. The summed E-state index contributed by atoms with van der Waals surface area (Å²) in [5.41, 5.74) is 3.52. The average molecular weight is 520 g/mol. The summed E-state index contributed by atoms with van der Waals surface area (Å²) in [4.78, 5) is 28.6. The second-order valence-corrected chi connectivity index (χ2v) is 8.94. The van der Waals surface area contributed by atoms with E-state index in [1.54, 1.807) is 9.80 Å². The predicted molar refractivity (Wildman–Crippen MR) is 146 cm³/mol. The fourth-order valence-electron chi connectivity index (χ4n) is 4.09. The number of anilines is 2. The fourth-order valence-corrected chi connectivity index (χ4v) is 4.24. The number of guanidine groups is 1. The molecule has 1 aliphatic heterocycles. The summed E-state index contributed by atoms with van der Waals surface area (Å²) in [6, 6.07) is 24.8. The van der Waals surface area contributed by atoms with E-state index in [2.05, 4.69) is 15.1 Å². The number of carbonyl (C=O) groups is 2. The van der Waals surface area contributed by atoms with Crippen molar-refractivity contribution in [1.29, 1.82) is 0 Å². The number of hydrogen-bond donors (Lipinski definition) is 2. The van der Waals surface area contributed by atoms with E-state index in [9.17, 15) is 9.59 Å². The average Bonchev–Trinajstić information content (AvgIpc) is 2.91. The van der Waals surface area contributed by atoms with E-state index in [0.29, 0.717) is 44.2 Å². The van der Waals surface area contributed by atoms with Gasteiger partial charge in [0, 0.05) is 48.7 Å². The van der Waals surface area contributed by atoms with Crippen LogP contribution in [0.3, 0.4) is 0 Å². The molecule has 9 heteroatoms. The fraction of sp³-hybridized carbons (Fsp3) is 0.250. The number of nitrogens with zero attached hydrogens (tertiary/aromatic N) is 3. The summed E-state index contributed by atoms with van der Waals surface area (Å²) < 4.78 is 9.86. The highest BCUT2D eigenvalue weighted by atomic mass is 35.5. The van der Waals surface area contributed by atoms with Crippen LogP contribution in [-0.2, 0) is 22.7 Å². The van der Waals surface area contributed by atoms with Gasteiger partial charge in [0.2, 0.25) is 17.8 Å². The molecule has 0 bridgehead atoms. The summed E-state index contributed by atoms with van der Waals surface area (Å²) >= 11 is 5.82. The summed E-state index contributed by atoms with van der Waals surface area (Å²) in [6.45, 7) is 1.43. The molecule has 8 nitrogen and oxygen atoms in total. The molecule has 3 aromatic carbocycles. The SMILES string of the molecule is CN(Cc1ccccc1)C(=O)CCCOc1cccc2c1CN(CC(=O)Nc1ccccc1)/C(=N\Cl)N2. The molecule has 0 aliphatic carbocycles. The minimum Gasteiger partial charge on any atom is -0.493 e. The molecule has 0 fully saturated rings. The molecule has 0 aromatic heterocycles. The predicted octanol–water partition coefficient (Wildman–Crippen LogP) is 4.88. The molecule has 2 N–H and O–H groups in total. The van der Waals surface area contributed by atoms with Crippen molar-refractivity contribution in [2.45, 2.75) is 25.9 Å². The van der Waals surface area contributed by atoms with Crippen LogP contribution in [0, 0.1) is 0 Å². The van der Waals surface area contributed by atoms with E-state index in [1.165, 1.54) is 0 Å². The van der Waals surface area contributed by atoms with E-state index >= 15 is 0 Å².